The lowest BCUT2D eigenvalue weighted by atomic mass is 10.1. The lowest BCUT2D eigenvalue weighted by Crippen LogP contribution is -2.26. The van der Waals surface area contributed by atoms with Crippen molar-refractivity contribution in [3.63, 3.8) is 0 Å². The molecule has 0 aliphatic carbocycles. The third-order valence-corrected chi connectivity index (χ3v) is 2.37. The summed E-state index contributed by atoms with van der Waals surface area (Å²) in [4.78, 5) is 11.3. The van der Waals surface area contributed by atoms with Crippen LogP contribution in [0.15, 0.2) is 24.3 Å². The lowest BCUT2D eigenvalue weighted by molar-refractivity contribution is -0.115. The van der Waals surface area contributed by atoms with Gasteiger partial charge >= 0.3 is 0 Å². The van der Waals surface area contributed by atoms with Gasteiger partial charge in [0.2, 0.25) is 0 Å². The average molecular weight is 267 g/mol. The van der Waals surface area contributed by atoms with Gasteiger partial charge in [-0.2, -0.15) is 0 Å². The number of hydrogen-bond acceptors (Lipinski definition) is 1. The molecule has 1 amide bonds. The second-order valence-corrected chi connectivity index (χ2v) is 5.29. The fourth-order valence-corrected chi connectivity index (χ4v) is 1.21. The van der Waals surface area contributed by atoms with Crippen LogP contribution in [0.2, 0.25) is 0 Å². The molecular weight excluding hydrogens is 256 g/mol. The number of nitrogens with one attached hydrogen (secondary N) is 1. The highest BCUT2D eigenvalue weighted by Crippen LogP contribution is 2.27. The summed E-state index contributed by atoms with van der Waals surface area (Å²) < 4.78 is -1.93. The molecule has 1 aromatic carbocycles. The minimum atomic E-state index is -1.93. The molecule has 0 aromatic heterocycles. The van der Waals surface area contributed by atoms with Crippen molar-refractivity contribution in [3.8, 4) is 0 Å². The Labute approximate surface area is 104 Å². The quantitative estimate of drug-likeness (QED) is 0.815. The molecule has 1 N–H and O–H groups in total. The molecule has 0 fully saturated rings. The maximum atomic E-state index is 11.3. The topological polar surface area (TPSA) is 29.1 Å². The van der Waals surface area contributed by atoms with E-state index in [0.29, 0.717) is 5.69 Å². The van der Waals surface area contributed by atoms with Crippen LogP contribution in [0.4, 0.5) is 5.69 Å². The van der Waals surface area contributed by atoms with Crippen LogP contribution in [0, 0.1) is 0 Å². The molecule has 0 saturated carbocycles. The highest BCUT2D eigenvalue weighted by atomic mass is 35.6. The van der Waals surface area contributed by atoms with Gasteiger partial charge < -0.3 is 5.32 Å². The Morgan fingerprint density at radius 1 is 1.40 bits per heavy atom. The highest BCUT2D eigenvalue weighted by molar-refractivity contribution is 6.76. The maximum Gasteiger partial charge on any atom is 0.276 e. The van der Waals surface area contributed by atoms with E-state index in [9.17, 15) is 4.79 Å². The molecule has 0 radical (unpaired) electrons. The van der Waals surface area contributed by atoms with Crippen molar-refractivity contribution in [1.29, 1.82) is 0 Å². The summed E-state index contributed by atoms with van der Waals surface area (Å²) in [5.74, 6) is -0.652. The Morgan fingerprint density at radius 2 is 2.07 bits per heavy atom. The summed E-state index contributed by atoms with van der Waals surface area (Å²) >= 11 is 16.3. The van der Waals surface area contributed by atoms with Crippen LogP contribution in [0.3, 0.4) is 0 Å². The molecule has 0 unspecified atom stereocenters. The summed E-state index contributed by atoms with van der Waals surface area (Å²) in [5, 5.41) is 2.52. The largest absolute Gasteiger partial charge is 0.322 e. The van der Waals surface area contributed by atoms with Gasteiger partial charge in [-0.1, -0.05) is 53.9 Å². The summed E-state index contributed by atoms with van der Waals surface area (Å²) in [6, 6.07) is 7.39. The molecule has 15 heavy (non-hydrogen) atoms. The zero-order valence-corrected chi connectivity index (χ0v) is 10.3. The number of amides is 1. The van der Waals surface area contributed by atoms with E-state index in [4.69, 9.17) is 34.8 Å². The van der Waals surface area contributed by atoms with Crippen LogP contribution in [-0.4, -0.2) is 9.70 Å². The number of rotatable bonds is 2. The summed E-state index contributed by atoms with van der Waals surface area (Å²) in [7, 11) is 0. The first-order chi connectivity index (χ1) is 6.93. The van der Waals surface area contributed by atoms with Gasteiger partial charge in [0.05, 0.1) is 0 Å². The fourth-order valence-electron chi connectivity index (χ4n) is 1.07. The number of carbonyl (C=O) groups excluding carboxylic acids is 1. The number of benzene rings is 1. The van der Waals surface area contributed by atoms with Crippen molar-refractivity contribution in [1.82, 2.24) is 0 Å². The zero-order chi connectivity index (χ0) is 11.5. The van der Waals surface area contributed by atoms with E-state index in [0.717, 1.165) is 12.0 Å². The fraction of sp³-hybridized carbons (Fsp3) is 0.300. The SMILES string of the molecule is CCc1cccc(NC(=O)C(Cl)(Cl)Cl)c1. The van der Waals surface area contributed by atoms with E-state index < -0.39 is 9.70 Å². The molecule has 5 heteroatoms. The normalized spacial score (nSPS) is 11.2. The van der Waals surface area contributed by atoms with E-state index in [1.165, 1.54) is 0 Å². The molecule has 0 heterocycles. The standard InChI is InChI=1S/C10H10Cl3NO/c1-2-7-4-3-5-8(6-7)14-9(15)10(11,12)13/h3-6H,2H2,1H3,(H,14,15). The van der Waals surface area contributed by atoms with Crippen molar-refractivity contribution < 1.29 is 4.79 Å². The van der Waals surface area contributed by atoms with Gasteiger partial charge in [-0.05, 0) is 24.1 Å². The van der Waals surface area contributed by atoms with E-state index in [1.54, 1.807) is 6.07 Å². The molecule has 0 atom stereocenters. The number of aryl methyl sites for hydroxylation is 1. The van der Waals surface area contributed by atoms with E-state index >= 15 is 0 Å². The van der Waals surface area contributed by atoms with Crippen molar-refractivity contribution in [3.05, 3.63) is 29.8 Å². The van der Waals surface area contributed by atoms with Gasteiger partial charge in [0, 0.05) is 5.69 Å². The van der Waals surface area contributed by atoms with E-state index in [1.807, 2.05) is 25.1 Å². The van der Waals surface area contributed by atoms with Gasteiger partial charge in [-0.3, -0.25) is 4.79 Å². The zero-order valence-electron chi connectivity index (χ0n) is 8.06. The summed E-state index contributed by atoms with van der Waals surface area (Å²) in [6.45, 7) is 2.02. The molecule has 1 rings (SSSR count). The monoisotopic (exact) mass is 265 g/mol. The van der Waals surface area contributed by atoms with E-state index in [-0.39, 0.29) is 0 Å². The smallest absolute Gasteiger partial charge is 0.276 e. The molecule has 82 valence electrons. The van der Waals surface area contributed by atoms with Crippen LogP contribution in [0.5, 0.6) is 0 Å². The van der Waals surface area contributed by atoms with Crippen LogP contribution in [0.1, 0.15) is 12.5 Å². The van der Waals surface area contributed by atoms with Gasteiger partial charge in [0.25, 0.3) is 9.70 Å². The molecule has 2 nitrogen and oxygen atoms in total. The molecule has 0 saturated heterocycles. The predicted octanol–water partition coefficient (Wildman–Crippen LogP) is 3.56. The Bertz CT molecular complexity index is 360. The minimum Gasteiger partial charge on any atom is -0.322 e. The first kappa shape index (κ1) is 12.6. The Morgan fingerprint density at radius 3 is 2.60 bits per heavy atom. The van der Waals surface area contributed by atoms with Crippen molar-refractivity contribution in [2.75, 3.05) is 5.32 Å². The van der Waals surface area contributed by atoms with Crippen molar-refractivity contribution in [2.24, 2.45) is 0 Å². The van der Waals surface area contributed by atoms with Gasteiger partial charge in [0.15, 0.2) is 0 Å². The molecule has 0 aliphatic heterocycles. The van der Waals surface area contributed by atoms with E-state index in [2.05, 4.69) is 5.32 Å². The van der Waals surface area contributed by atoms with Crippen LogP contribution >= 0.6 is 34.8 Å². The molecule has 0 bridgehead atoms. The number of halogens is 3. The Balaban J connectivity index is 2.77. The van der Waals surface area contributed by atoms with Gasteiger partial charge in [-0.15, -0.1) is 0 Å². The van der Waals surface area contributed by atoms with Crippen LogP contribution in [0.25, 0.3) is 0 Å². The van der Waals surface area contributed by atoms with Crippen LogP contribution in [-0.2, 0) is 11.2 Å². The second-order valence-electron chi connectivity index (χ2n) is 3.01. The Hall–Kier alpha value is -0.440. The molecular formula is C10H10Cl3NO. The van der Waals surface area contributed by atoms with Crippen LogP contribution < -0.4 is 5.32 Å². The summed E-state index contributed by atoms with van der Waals surface area (Å²) in [6.07, 6.45) is 0.886. The number of hydrogen-bond donors (Lipinski definition) is 1. The number of anilines is 1. The first-order valence-electron chi connectivity index (χ1n) is 4.40. The molecule has 0 aliphatic rings. The van der Waals surface area contributed by atoms with Crippen molar-refractivity contribution >= 4 is 46.4 Å². The minimum absolute atomic E-state index is 0.630. The second kappa shape index (κ2) is 5.06. The van der Waals surface area contributed by atoms with Crippen molar-refractivity contribution in [2.45, 2.75) is 17.1 Å². The predicted molar refractivity (Wildman–Crippen MR) is 64.7 cm³/mol. The maximum absolute atomic E-state index is 11.3. The summed E-state index contributed by atoms with van der Waals surface area (Å²) in [5.41, 5.74) is 1.74. The molecule has 1 aromatic rings. The highest BCUT2D eigenvalue weighted by Gasteiger charge is 2.30. The average Bonchev–Trinajstić information content (AvgIpc) is 2.16. The first-order valence-corrected chi connectivity index (χ1v) is 5.54. The third-order valence-electron chi connectivity index (χ3n) is 1.85. The van der Waals surface area contributed by atoms with Gasteiger partial charge in [0.1, 0.15) is 0 Å². The number of carbonyl (C=O) groups is 1. The van der Waals surface area contributed by atoms with Gasteiger partial charge in [-0.25, -0.2) is 0 Å². The lowest BCUT2D eigenvalue weighted by Gasteiger charge is -2.11. The molecule has 0 spiro atoms. The Kier molecular flexibility index (Phi) is 4.26. The number of alkyl halides is 3. The third kappa shape index (κ3) is 3.90.